The molecule has 0 unspecified atom stereocenters. The number of rotatable bonds is 5. The molecule has 30 heavy (non-hydrogen) atoms. The molecule has 0 amide bonds. The van der Waals surface area contributed by atoms with Crippen LogP contribution in [0.1, 0.15) is 24.8 Å². The second-order valence-corrected chi connectivity index (χ2v) is 10.9. The molecule has 2 aromatic rings. The van der Waals surface area contributed by atoms with Gasteiger partial charge in [-0.3, -0.25) is 0 Å². The van der Waals surface area contributed by atoms with Crippen molar-refractivity contribution in [3.8, 4) is 11.1 Å². The van der Waals surface area contributed by atoms with Crippen molar-refractivity contribution in [3.05, 3.63) is 48.0 Å². The van der Waals surface area contributed by atoms with Gasteiger partial charge in [0.15, 0.2) is 9.84 Å². The normalized spacial score (nSPS) is 20.4. The fourth-order valence-corrected chi connectivity index (χ4v) is 6.12. The van der Waals surface area contributed by atoms with E-state index in [-0.39, 0.29) is 35.0 Å². The number of nitrogens with two attached hydrogens (primary N) is 1. The number of benzene rings is 2. The van der Waals surface area contributed by atoms with Crippen LogP contribution in [0.3, 0.4) is 0 Å². The predicted octanol–water partition coefficient (Wildman–Crippen LogP) is 3.36. The van der Waals surface area contributed by atoms with E-state index in [0.717, 1.165) is 12.1 Å². The number of hydrogen-bond donors (Lipinski definition) is 1. The maximum Gasteiger partial charge on any atom is 0.417 e. The Morgan fingerprint density at radius 3 is 2.07 bits per heavy atom. The van der Waals surface area contributed by atoms with E-state index in [2.05, 4.69) is 0 Å². The molecule has 1 aliphatic carbocycles. The average molecular weight is 463 g/mol. The van der Waals surface area contributed by atoms with Gasteiger partial charge in [-0.1, -0.05) is 18.2 Å². The highest BCUT2D eigenvalue weighted by atomic mass is 32.2. The van der Waals surface area contributed by atoms with Crippen LogP contribution in [0.4, 0.5) is 13.2 Å². The van der Waals surface area contributed by atoms with Gasteiger partial charge in [-0.2, -0.15) is 13.2 Å². The minimum atomic E-state index is -4.89. The summed E-state index contributed by atoms with van der Waals surface area (Å²) in [4.78, 5) is -0.947. The quantitative estimate of drug-likeness (QED) is 0.732. The molecule has 2 aromatic carbocycles. The molecule has 0 saturated heterocycles. The number of sulfone groups is 1. The Morgan fingerprint density at radius 1 is 0.967 bits per heavy atom. The third kappa shape index (κ3) is 4.53. The van der Waals surface area contributed by atoms with E-state index in [4.69, 9.17) is 9.88 Å². The number of methoxy groups -OCH3 is 1. The summed E-state index contributed by atoms with van der Waals surface area (Å²) < 4.78 is 94.9. The van der Waals surface area contributed by atoms with E-state index in [0.29, 0.717) is 6.42 Å². The van der Waals surface area contributed by atoms with E-state index < -0.39 is 41.7 Å². The lowest BCUT2D eigenvalue weighted by Crippen LogP contribution is -2.23. The SMILES string of the molecule is CO[C@H]1CC[C@H](S(=O)(=O)c2ccc(-c3ccc(S(N)(=O)=O)cc3)cc2C(F)(F)F)C1. The van der Waals surface area contributed by atoms with Gasteiger partial charge < -0.3 is 4.74 Å². The summed E-state index contributed by atoms with van der Waals surface area (Å²) in [5.74, 6) is 0. The lowest BCUT2D eigenvalue weighted by Gasteiger charge is -2.18. The fourth-order valence-electron chi connectivity index (χ4n) is 3.59. The molecule has 0 spiro atoms. The van der Waals surface area contributed by atoms with Crippen molar-refractivity contribution in [1.82, 2.24) is 0 Å². The van der Waals surface area contributed by atoms with Crippen molar-refractivity contribution in [2.45, 2.75) is 46.6 Å². The molecule has 0 aromatic heterocycles. The number of alkyl halides is 3. The van der Waals surface area contributed by atoms with E-state index in [1.165, 1.54) is 37.4 Å². The third-order valence-corrected chi connectivity index (χ3v) is 8.42. The van der Waals surface area contributed by atoms with Crippen LogP contribution in [0.25, 0.3) is 11.1 Å². The topological polar surface area (TPSA) is 104 Å². The van der Waals surface area contributed by atoms with Gasteiger partial charge in [0.2, 0.25) is 10.0 Å². The standard InChI is InChI=1S/C19H20F3NO5S2/c1-28-14-5-8-16(11-14)29(24,25)18-9-4-13(10-17(18)19(20,21)22)12-2-6-15(7-3-12)30(23,26)27/h2-4,6-7,9-10,14,16H,5,8,11H2,1H3,(H2,23,26,27)/t14-,16-/m0/s1. The summed E-state index contributed by atoms with van der Waals surface area (Å²) in [5.41, 5.74) is -0.864. The molecular weight excluding hydrogens is 443 g/mol. The van der Waals surface area contributed by atoms with Gasteiger partial charge in [-0.05, 0) is 54.7 Å². The Balaban J connectivity index is 2.05. The van der Waals surface area contributed by atoms with Crippen molar-refractivity contribution < 1.29 is 34.7 Å². The van der Waals surface area contributed by atoms with Crippen molar-refractivity contribution in [1.29, 1.82) is 0 Å². The highest BCUT2D eigenvalue weighted by Gasteiger charge is 2.42. The first kappa shape index (κ1) is 22.7. The number of primary sulfonamides is 1. The predicted molar refractivity (Wildman–Crippen MR) is 104 cm³/mol. The summed E-state index contributed by atoms with van der Waals surface area (Å²) in [6.07, 6.45) is -4.34. The fraction of sp³-hybridized carbons (Fsp3) is 0.368. The highest BCUT2D eigenvalue weighted by Crippen LogP contribution is 2.40. The highest BCUT2D eigenvalue weighted by molar-refractivity contribution is 7.92. The van der Waals surface area contributed by atoms with Gasteiger partial charge in [0.25, 0.3) is 0 Å². The zero-order valence-electron chi connectivity index (χ0n) is 15.9. The molecule has 0 bridgehead atoms. The molecule has 1 saturated carbocycles. The van der Waals surface area contributed by atoms with Crippen LogP contribution in [-0.4, -0.2) is 35.3 Å². The van der Waals surface area contributed by atoms with Gasteiger partial charge in [0, 0.05) is 7.11 Å². The van der Waals surface area contributed by atoms with Gasteiger partial charge in [0.1, 0.15) is 0 Å². The van der Waals surface area contributed by atoms with Gasteiger partial charge in [-0.25, -0.2) is 22.0 Å². The maximum absolute atomic E-state index is 13.7. The van der Waals surface area contributed by atoms with Gasteiger partial charge in [0.05, 0.1) is 26.7 Å². The summed E-state index contributed by atoms with van der Waals surface area (Å²) >= 11 is 0. The molecule has 164 valence electrons. The van der Waals surface area contributed by atoms with Crippen LogP contribution in [0, 0.1) is 0 Å². The number of hydrogen-bond acceptors (Lipinski definition) is 5. The number of ether oxygens (including phenoxy) is 1. The monoisotopic (exact) mass is 463 g/mol. The summed E-state index contributed by atoms with van der Waals surface area (Å²) in [6.45, 7) is 0. The summed E-state index contributed by atoms with van der Waals surface area (Å²) in [7, 11) is -6.72. The van der Waals surface area contributed by atoms with Crippen molar-refractivity contribution in [3.63, 3.8) is 0 Å². The van der Waals surface area contributed by atoms with E-state index in [9.17, 15) is 30.0 Å². The summed E-state index contributed by atoms with van der Waals surface area (Å²) in [6, 6.07) is 7.96. The molecule has 0 radical (unpaired) electrons. The zero-order chi connectivity index (χ0) is 22.3. The van der Waals surface area contributed by atoms with Crippen molar-refractivity contribution >= 4 is 19.9 Å². The largest absolute Gasteiger partial charge is 0.417 e. The molecule has 0 heterocycles. The Bertz CT molecular complexity index is 1140. The molecule has 2 N–H and O–H groups in total. The van der Waals surface area contributed by atoms with Crippen molar-refractivity contribution in [2.24, 2.45) is 5.14 Å². The van der Waals surface area contributed by atoms with Crippen LogP contribution in [0.5, 0.6) is 0 Å². The van der Waals surface area contributed by atoms with E-state index >= 15 is 0 Å². The number of sulfonamides is 1. The Morgan fingerprint density at radius 2 is 1.57 bits per heavy atom. The Kier molecular flexibility index (Phi) is 6.02. The lowest BCUT2D eigenvalue weighted by molar-refractivity contribution is -0.139. The first-order valence-electron chi connectivity index (χ1n) is 8.95. The number of halogens is 3. The second kappa shape index (κ2) is 7.95. The minimum Gasteiger partial charge on any atom is -0.381 e. The van der Waals surface area contributed by atoms with Gasteiger partial charge in [-0.15, -0.1) is 0 Å². The molecule has 0 aliphatic heterocycles. The summed E-state index contributed by atoms with van der Waals surface area (Å²) in [5, 5.41) is 4.08. The second-order valence-electron chi connectivity index (χ2n) is 7.12. The van der Waals surface area contributed by atoms with Crippen LogP contribution in [-0.2, 0) is 30.8 Å². The van der Waals surface area contributed by atoms with E-state index in [1.54, 1.807) is 0 Å². The molecular formula is C19H20F3NO5S2. The molecule has 2 atom stereocenters. The maximum atomic E-state index is 13.7. The van der Waals surface area contributed by atoms with Crippen molar-refractivity contribution in [2.75, 3.05) is 7.11 Å². The smallest absolute Gasteiger partial charge is 0.381 e. The molecule has 11 heteroatoms. The van der Waals surface area contributed by atoms with Crippen LogP contribution in [0.2, 0.25) is 0 Å². The van der Waals surface area contributed by atoms with Gasteiger partial charge >= 0.3 is 6.18 Å². The van der Waals surface area contributed by atoms with E-state index in [1.807, 2.05) is 0 Å². The first-order valence-corrected chi connectivity index (χ1v) is 12.0. The average Bonchev–Trinajstić information content (AvgIpc) is 3.16. The first-order chi connectivity index (χ1) is 13.8. The Hall–Kier alpha value is -1.95. The lowest BCUT2D eigenvalue weighted by atomic mass is 10.0. The Labute approximate surface area is 172 Å². The van der Waals surface area contributed by atoms with Crippen LogP contribution in [0.15, 0.2) is 52.3 Å². The molecule has 1 aliphatic rings. The minimum absolute atomic E-state index is 0.100. The zero-order valence-corrected chi connectivity index (χ0v) is 17.5. The molecule has 6 nitrogen and oxygen atoms in total. The van der Waals surface area contributed by atoms with Crippen LogP contribution >= 0.6 is 0 Å². The van der Waals surface area contributed by atoms with Crippen LogP contribution < -0.4 is 5.14 Å². The molecule has 3 rings (SSSR count). The molecule has 1 fully saturated rings. The third-order valence-electron chi connectivity index (χ3n) is 5.22.